The summed E-state index contributed by atoms with van der Waals surface area (Å²) in [5.74, 6) is 1.82. The van der Waals surface area contributed by atoms with Gasteiger partial charge in [-0.1, -0.05) is 26.7 Å². The molecule has 0 atom stereocenters. The quantitative estimate of drug-likeness (QED) is 0.852. The molecule has 0 radical (unpaired) electrons. The number of anilines is 1. The van der Waals surface area contributed by atoms with Gasteiger partial charge in [0.05, 0.1) is 0 Å². The molecule has 106 valence electrons. The lowest BCUT2D eigenvalue weighted by atomic mass is 10.2. The summed E-state index contributed by atoms with van der Waals surface area (Å²) >= 11 is 0. The lowest BCUT2D eigenvalue weighted by Gasteiger charge is -2.25. The molecule has 1 aliphatic rings. The van der Waals surface area contributed by atoms with Gasteiger partial charge in [0, 0.05) is 25.8 Å². The first-order valence-corrected chi connectivity index (χ1v) is 7.55. The Hall–Kier alpha value is -1.09. The van der Waals surface area contributed by atoms with Crippen molar-refractivity contribution in [3.63, 3.8) is 0 Å². The Bertz CT molecular complexity index is 383. The fourth-order valence-electron chi connectivity index (χ4n) is 2.75. The maximum absolute atomic E-state index is 4.53. The minimum Gasteiger partial charge on any atom is -0.357 e. The fraction of sp³-hybridized carbons (Fsp3) is 0.688. The van der Waals surface area contributed by atoms with Crippen LogP contribution < -0.4 is 10.2 Å². The molecule has 1 fully saturated rings. The zero-order chi connectivity index (χ0) is 13.7. The fourth-order valence-corrected chi connectivity index (χ4v) is 2.75. The van der Waals surface area contributed by atoms with Crippen LogP contribution in [0, 0.1) is 5.92 Å². The van der Waals surface area contributed by atoms with Crippen molar-refractivity contribution in [1.29, 1.82) is 0 Å². The van der Waals surface area contributed by atoms with E-state index in [1.807, 2.05) is 6.20 Å². The van der Waals surface area contributed by atoms with Crippen molar-refractivity contribution in [3.05, 3.63) is 23.9 Å². The Morgan fingerprint density at radius 1 is 1.37 bits per heavy atom. The second-order valence-electron chi connectivity index (χ2n) is 6.10. The molecular formula is C16H27N3. The lowest BCUT2D eigenvalue weighted by molar-refractivity contribution is 0.552. The molecule has 1 aromatic heterocycles. The summed E-state index contributed by atoms with van der Waals surface area (Å²) in [6.07, 6.45) is 7.30. The summed E-state index contributed by atoms with van der Waals surface area (Å²) in [5.41, 5.74) is 1.33. The molecule has 1 aromatic rings. The molecule has 0 saturated heterocycles. The van der Waals surface area contributed by atoms with Crippen molar-refractivity contribution >= 4 is 5.82 Å². The predicted molar refractivity (Wildman–Crippen MR) is 81.4 cm³/mol. The number of nitrogens with one attached hydrogen (secondary N) is 1. The van der Waals surface area contributed by atoms with Crippen LogP contribution in [0.3, 0.4) is 0 Å². The molecule has 1 N–H and O–H groups in total. The normalized spacial score (nSPS) is 16.2. The molecular weight excluding hydrogens is 234 g/mol. The third kappa shape index (κ3) is 4.20. The standard InChI is InChI=1S/C16H27N3/c1-13(2)11-17-12-14-8-9-18-16(10-14)19(3)15-6-4-5-7-15/h8-10,13,15,17H,4-7,11-12H2,1-3H3. The van der Waals surface area contributed by atoms with Crippen molar-refractivity contribution in [1.82, 2.24) is 10.3 Å². The van der Waals surface area contributed by atoms with E-state index >= 15 is 0 Å². The van der Waals surface area contributed by atoms with Gasteiger partial charge in [0.2, 0.25) is 0 Å². The van der Waals surface area contributed by atoms with Gasteiger partial charge in [-0.05, 0) is 43.0 Å². The molecule has 0 spiro atoms. The first-order valence-electron chi connectivity index (χ1n) is 7.55. The van der Waals surface area contributed by atoms with Crippen molar-refractivity contribution in [2.45, 2.75) is 52.1 Å². The molecule has 3 nitrogen and oxygen atoms in total. The molecule has 0 amide bonds. The highest BCUT2D eigenvalue weighted by Gasteiger charge is 2.20. The van der Waals surface area contributed by atoms with E-state index in [1.165, 1.54) is 31.2 Å². The average Bonchev–Trinajstić information content (AvgIpc) is 2.91. The molecule has 19 heavy (non-hydrogen) atoms. The zero-order valence-corrected chi connectivity index (χ0v) is 12.5. The topological polar surface area (TPSA) is 28.2 Å². The smallest absolute Gasteiger partial charge is 0.128 e. The Labute approximate surface area is 117 Å². The van der Waals surface area contributed by atoms with Crippen LogP contribution in [-0.2, 0) is 6.54 Å². The van der Waals surface area contributed by atoms with Gasteiger partial charge in [-0.2, -0.15) is 0 Å². The van der Waals surface area contributed by atoms with Crippen LogP contribution >= 0.6 is 0 Å². The molecule has 1 heterocycles. The number of hydrogen-bond donors (Lipinski definition) is 1. The van der Waals surface area contributed by atoms with E-state index in [0.717, 1.165) is 18.9 Å². The maximum Gasteiger partial charge on any atom is 0.128 e. The third-order valence-electron chi connectivity index (χ3n) is 3.93. The van der Waals surface area contributed by atoms with Gasteiger partial charge in [-0.15, -0.1) is 0 Å². The lowest BCUT2D eigenvalue weighted by Crippen LogP contribution is -2.29. The molecule has 0 bridgehead atoms. The second-order valence-corrected chi connectivity index (χ2v) is 6.10. The first-order chi connectivity index (χ1) is 9.16. The van der Waals surface area contributed by atoms with Gasteiger partial charge in [-0.25, -0.2) is 4.98 Å². The van der Waals surface area contributed by atoms with E-state index in [0.29, 0.717) is 12.0 Å². The minimum absolute atomic E-state index is 0.686. The van der Waals surface area contributed by atoms with Gasteiger partial charge < -0.3 is 10.2 Å². The van der Waals surface area contributed by atoms with Crippen LogP contribution in [-0.4, -0.2) is 24.6 Å². The second kappa shape index (κ2) is 6.90. The van der Waals surface area contributed by atoms with E-state index in [2.05, 4.69) is 48.2 Å². The van der Waals surface area contributed by atoms with Gasteiger partial charge in [0.1, 0.15) is 5.82 Å². The Balaban J connectivity index is 1.94. The van der Waals surface area contributed by atoms with E-state index in [4.69, 9.17) is 0 Å². The molecule has 2 rings (SSSR count). The van der Waals surface area contributed by atoms with Crippen LogP contribution in [0.25, 0.3) is 0 Å². The Morgan fingerprint density at radius 3 is 2.79 bits per heavy atom. The highest BCUT2D eigenvalue weighted by molar-refractivity contribution is 5.41. The summed E-state index contributed by atoms with van der Waals surface area (Å²) < 4.78 is 0. The van der Waals surface area contributed by atoms with Crippen LogP contribution in [0.4, 0.5) is 5.82 Å². The van der Waals surface area contributed by atoms with E-state index < -0.39 is 0 Å². The number of aromatic nitrogens is 1. The molecule has 0 aliphatic heterocycles. The summed E-state index contributed by atoms with van der Waals surface area (Å²) in [6.45, 7) is 6.47. The number of hydrogen-bond acceptors (Lipinski definition) is 3. The summed E-state index contributed by atoms with van der Waals surface area (Å²) in [6, 6.07) is 5.02. The van der Waals surface area contributed by atoms with Gasteiger partial charge in [0.25, 0.3) is 0 Å². The van der Waals surface area contributed by atoms with Crippen LogP contribution in [0.2, 0.25) is 0 Å². The predicted octanol–water partition coefficient (Wildman–Crippen LogP) is 3.21. The van der Waals surface area contributed by atoms with Crippen molar-refractivity contribution in [3.8, 4) is 0 Å². The van der Waals surface area contributed by atoms with Crippen molar-refractivity contribution < 1.29 is 0 Å². The Kier molecular flexibility index (Phi) is 5.20. The third-order valence-corrected chi connectivity index (χ3v) is 3.93. The summed E-state index contributed by atoms with van der Waals surface area (Å²) in [5, 5.41) is 3.49. The molecule has 3 heteroatoms. The van der Waals surface area contributed by atoms with E-state index in [9.17, 15) is 0 Å². The van der Waals surface area contributed by atoms with Crippen molar-refractivity contribution in [2.24, 2.45) is 5.92 Å². The number of pyridine rings is 1. The average molecular weight is 261 g/mol. The highest BCUT2D eigenvalue weighted by atomic mass is 15.2. The Morgan fingerprint density at radius 2 is 2.11 bits per heavy atom. The van der Waals surface area contributed by atoms with Gasteiger partial charge >= 0.3 is 0 Å². The monoisotopic (exact) mass is 261 g/mol. The summed E-state index contributed by atoms with van der Waals surface area (Å²) in [4.78, 5) is 6.89. The minimum atomic E-state index is 0.686. The molecule has 0 unspecified atom stereocenters. The van der Waals surface area contributed by atoms with Gasteiger partial charge in [-0.3, -0.25) is 0 Å². The molecule has 1 saturated carbocycles. The van der Waals surface area contributed by atoms with Crippen molar-refractivity contribution in [2.75, 3.05) is 18.5 Å². The van der Waals surface area contributed by atoms with Gasteiger partial charge in [0.15, 0.2) is 0 Å². The zero-order valence-electron chi connectivity index (χ0n) is 12.5. The van der Waals surface area contributed by atoms with Crippen LogP contribution in [0.1, 0.15) is 45.1 Å². The first kappa shape index (κ1) is 14.3. The molecule has 0 aromatic carbocycles. The number of nitrogens with zero attached hydrogens (tertiary/aromatic N) is 2. The SMILES string of the molecule is CC(C)CNCc1ccnc(N(C)C2CCCC2)c1. The van der Waals surface area contributed by atoms with E-state index in [1.54, 1.807) is 0 Å². The largest absolute Gasteiger partial charge is 0.357 e. The number of rotatable bonds is 6. The van der Waals surface area contributed by atoms with E-state index in [-0.39, 0.29) is 0 Å². The van der Waals surface area contributed by atoms with Crippen LogP contribution in [0.5, 0.6) is 0 Å². The highest BCUT2D eigenvalue weighted by Crippen LogP contribution is 2.26. The maximum atomic E-state index is 4.53. The van der Waals surface area contributed by atoms with Crippen LogP contribution in [0.15, 0.2) is 18.3 Å². The molecule has 1 aliphatic carbocycles. The summed E-state index contributed by atoms with van der Waals surface area (Å²) in [7, 11) is 2.18.